The van der Waals surface area contributed by atoms with Gasteiger partial charge in [0.05, 0.1) is 6.42 Å². The van der Waals surface area contributed by atoms with Crippen LogP contribution in [0.3, 0.4) is 0 Å². The third kappa shape index (κ3) is 3.68. The highest BCUT2D eigenvalue weighted by atomic mass is 19.3. The number of imidazole rings is 1. The summed E-state index contributed by atoms with van der Waals surface area (Å²) in [6, 6.07) is 0.428. The second-order valence-corrected chi connectivity index (χ2v) is 5.61. The molecule has 1 aliphatic heterocycles. The summed E-state index contributed by atoms with van der Waals surface area (Å²) in [6.45, 7) is -1.68. The summed E-state index contributed by atoms with van der Waals surface area (Å²) in [6.07, 6.45) is 3.44. The van der Waals surface area contributed by atoms with Crippen LogP contribution in [-0.4, -0.2) is 64.3 Å². The van der Waals surface area contributed by atoms with E-state index in [-0.39, 0.29) is 11.7 Å². The molecule has 1 aliphatic rings. The number of nitrogens with zero attached hydrogens (tertiary/aromatic N) is 4. The number of alkyl halides is 2. The molecule has 0 spiro atoms. The number of halogens is 2. The molecule has 8 heteroatoms. The summed E-state index contributed by atoms with van der Waals surface area (Å²) in [5.74, 6) is -1.37. The van der Waals surface area contributed by atoms with Crippen molar-refractivity contribution in [3.05, 3.63) is 18.2 Å². The van der Waals surface area contributed by atoms with Crippen molar-refractivity contribution < 1.29 is 18.4 Å². The van der Waals surface area contributed by atoms with Crippen molar-refractivity contribution in [2.75, 3.05) is 27.2 Å². The molecule has 0 aromatic carbocycles. The molecule has 1 amide bonds. The number of amides is 1. The number of likely N-dealkylation sites (tertiary alicyclic amines) is 1. The molecule has 0 atom stereocenters. The van der Waals surface area contributed by atoms with E-state index in [1.54, 1.807) is 4.90 Å². The van der Waals surface area contributed by atoms with Gasteiger partial charge in [0.15, 0.2) is 5.82 Å². The zero-order chi connectivity index (χ0) is 16.3. The molecule has 6 nitrogen and oxygen atoms in total. The van der Waals surface area contributed by atoms with E-state index in [1.165, 1.54) is 0 Å². The van der Waals surface area contributed by atoms with Gasteiger partial charge in [-0.1, -0.05) is 0 Å². The molecule has 1 aromatic heterocycles. The Kier molecular flexibility index (Phi) is 5.23. The van der Waals surface area contributed by atoms with Gasteiger partial charge in [0.1, 0.15) is 0 Å². The van der Waals surface area contributed by atoms with Gasteiger partial charge in [0.2, 0.25) is 11.7 Å². The van der Waals surface area contributed by atoms with E-state index in [0.717, 1.165) is 25.2 Å². The van der Waals surface area contributed by atoms with Crippen molar-refractivity contribution in [3.8, 4) is 0 Å². The number of hydrogen-bond acceptors (Lipinski definition) is 4. The second kappa shape index (κ2) is 6.95. The van der Waals surface area contributed by atoms with Gasteiger partial charge in [-0.3, -0.25) is 14.2 Å². The number of Topliss-reactive ketones (excluding diaryl/α,β-unsaturated/α-hetero) is 1. The van der Waals surface area contributed by atoms with Gasteiger partial charge in [-0.15, -0.1) is 0 Å². The monoisotopic (exact) mass is 314 g/mol. The molecule has 22 heavy (non-hydrogen) atoms. The van der Waals surface area contributed by atoms with Gasteiger partial charge in [-0.25, -0.2) is 4.98 Å². The quantitative estimate of drug-likeness (QED) is 0.609. The first-order valence-electron chi connectivity index (χ1n) is 7.18. The fourth-order valence-corrected chi connectivity index (χ4v) is 2.65. The number of piperidine rings is 1. The summed E-state index contributed by atoms with van der Waals surface area (Å²) in [5, 5.41) is 0. The minimum Gasteiger partial charge on any atom is -0.342 e. The number of hydrogen-bond donors (Lipinski definition) is 0. The maximum absolute atomic E-state index is 12.7. The van der Waals surface area contributed by atoms with E-state index >= 15 is 0 Å². The lowest BCUT2D eigenvalue weighted by molar-refractivity contribution is -0.131. The standard InChI is InChI=1S/C14H20F2N4O2/c1-18(2)10-3-6-19(7-4-10)12(22)9-11(21)13-17-5-8-20(13)14(15)16/h5,8,10,14H,3-4,6-7,9H2,1-2H3. The molecule has 0 radical (unpaired) electrons. The number of aromatic nitrogens is 2. The van der Waals surface area contributed by atoms with Crippen LogP contribution in [0.4, 0.5) is 8.78 Å². The lowest BCUT2D eigenvalue weighted by Gasteiger charge is -2.35. The van der Waals surface area contributed by atoms with Crippen LogP contribution in [0.5, 0.6) is 0 Å². The van der Waals surface area contributed by atoms with E-state index in [4.69, 9.17) is 0 Å². The van der Waals surface area contributed by atoms with Crippen molar-refractivity contribution in [1.29, 1.82) is 0 Å². The molecule has 0 aliphatic carbocycles. The molecule has 0 bridgehead atoms. The number of carbonyl (C=O) groups excluding carboxylic acids is 2. The summed E-state index contributed by atoms with van der Waals surface area (Å²) in [5.41, 5.74) is 0. The van der Waals surface area contributed by atoms with Gasteiger partial charge in [0, 0.05) is 31.5 Å². The molecule has 0 unspecified atom stereocenters. The van der Waals surface area contributed by atoms with E-state index in [1.807, 2.05) is 14.1 Å². The van der Waals surface area contributed by atoms with Crippen LogP contribution in [0, 0.1) is 0 Å². The minimum atomic E-state index is -2.84. The molecule has 0 N–H and O–H groups in total. The van der Waals surface area contributed by atoms with Crippen LogP contribution in [-0.2, 0) is 4.79 Å². The molecular formula is C14H20F2N4O2. The average Bonchev–Trinajstić information content (AvgIpc) is 2.97. The Hall–Kier alpha value is -1.83. The second-order valence-electron chi connectivity index (χ2n) is 5.61. The smallest absolute Gasteiger partial charge is 0.320 e. The Morgan fingerprint density at radius 3 is 2.55 bits per heavy atom. The Bertz CT molecular complexity index is 537. The molecule has 2 heterocycles. The van der Waals surface area contributed by atoms with Gasteiger partial charge in [-0.2, -0.15) is 8.78 Å². The van der Waals surface area contributed by atoms with E-state index in [0.29, 0.717) is 23.7 Å². The highest BCUT2D eigenvalue weighted by Gasteiger charge is 2.27. The normalized spacial score (nSPS) is 16.5. The molecule has 2 rings (SSSR count). The zero-order valence-corrected chi connectivity index (χ0v) is 12.7. The first-order chi connectivity index (χ1) is 10.4. The first kappa shape index (κ1) is 16.5. The average molecular weight is 314 g/mol. The molecular weight excluding hydrogens is 294 g/mol. The summed E-state index contributed by atoms with van der Waals surface area (Å²) in [7, 11) is 3.99. The lowest BCUT2D eigenvalue weighted by atomic mass is 10.0. The van der Waals surface area contributed by atoms with E-state index in [2.05, 4.69) is 9.88 Å². The Labute approximate surface area is 127 Å². The molecule has 1 saturated heterocycles. The molecule has 1 aromatic rings. The van der Waals surface area contributed by atoms with Crippen LogP contribution in [0.1, 0.15) is 36.4 Å². The largest absolute Gasteiger partial charge is 0.342 e. The fourth-order valence-electron chi connectivity index (χ4n) is 2.65. The molecule has 122 valence electrons. The van der Waals surface area contributed by atoms with Gasteiger partial charge >= 0.3 is 6.55 Å². The van der Waals surface area contributed by atoms with Crippen molar-refractivity contribution in [3.63, 3.8) is 0 Å². The van der Waals surface area contributed by atoms with Crippen molar-refractivity contribution in [1.82, 2.24) is 19.4 Å². The Balaban J connectivity index is 1.92. The predicted octanol–water partition coefficient (Wildman–Crippen LogP) is 1.40. The van der Waals surface area contributed by atoms with Crippen LogP contribution in [0.25, 0.3) is 0 Å². The third-order valence-electron chi connectivity index (χ3n) is 3.99. The molecule has 0 saturated carbocycles. The highest BCUT2D eigenvalue weighted by Crippen LogP contribution is 2.17. The first-order valence-corrected chi connectivity index (χ1v) is 7.18. The third-order valence-corrected chi connectivity index (χ3v) is 3.99. The minimum absolute atomic E-state index is 0.328. The van der Waals surface area contributed by atoms with Crippen LogP contribution in [0.2, 0.25) is 0 Å². The topological polar surface area (TPSA) is 58.4 Å². The van der Waals surface area contributed by atoms with Crippen molar-refractivity contribution in [2.24, 2.45) is 0 Å². The van der Waals surface area contributed by atoms with Crippen LogP contribution in [0.15, 0.2) is 12.4 Å². The number of carbonyl (C=O) groups is 2. The fraction of sp³-hybridized carbons (Fsp3) is 0.643. The van der Waals surface area contributed by atoms with Crippen LogP contribution >= 0.6 is 0 Å². The Morgan fingerprint density at radius 1 is 1.36 bits per heavy atom. The number of ketones is 1. The van der Waals surface area contributed by atoms with Gasteiger partial charge in [0.25, 0.3) is 0 Å². The van der Waals surface area contributed by atoms with E-state index in [9.17, 15) is 18.4 Å². The lowest BCUT2D eigenvalue weighted by Crippen LogP contribution is -2.45. The van der Waals surface area contributed by atoms with Crippen LogP contribution < -0.4 is 0 Å². The summed E-state index contributed by atoms with van der Waals surface area (Å²) in [4.78, 5) is 31.5. The van der Waals surface area contributed by atoms with Gasteiger partial charge in [-0.05, 0) is 26.9 Å². The summed E-state index contributed by atoms with van der Waals surface area (Å²) < 4.78 is 25.9. The zero-order valence-electron chi connectivity index (χ0n) is 12.7. The Morgan fingerprint density at radius 2 is 2.00 bits per heavy atom. The molecule has 1 fully saturated rings. The maximum atomic E-state index is 12.7. The maximum Gasteiger partial charge on any atom is 0.320 e. The van der Waals surface area contributed by atoms with Crippen molar-refractivity contribution in [2.45, 2.75) is 31.9 Å². The highest BCUT2D eigenvalue weighted by molar-refractivity contribution is 6.05. The number of rotatable bonds is 5. The SMILES string of the molecule is CN(C)C1CCN(C(=O)CC(=O)c2nccn2C(F)F)CC1. The predicted molar refractivity (Wildman–Crippen MR) is 75.7 cm³/mol. The van der Waals surface area contributed by atoms with Gasteiger partial charge < -0.3 is 9.80 Å². The summed E-state index contributed by atoms with van der Waals surface area (Å²) >= 11 is 0. The van der Waals surface area contributed by atoms with E-state index < -0.39 is 18.8 Å². The van der Waals surface area contributed by atoms with Crippen molar-refractivity contribution >= 4 is 11.7 Å².